The Kier molecular flexibility index (Phi) is 6.14. The normalized spacial score (nSPS) is 18.8. The molecule has 0 fully saturated rings. The van der Waals surface area contributed by atoms with Gasteiger partial charge >= 0.3 is 6.09 Å². The van der Waals surface area contributed by atoms with Crippen LogP contribution in [0.4, 0.5) is 14.9 Å². The summed E-state index contributed by atoms with van der Waals surface area (Å²) in [4.78, 5) is 33.8. The molecule has 0 spiro atoms. The first-order chi connectivity index (χ1) is 14.1. The number of rotatable bonds is 4. The Morgan fingerprint density at radius 1 is 1.40 bits per heavy atom. The van der Waals surface area contributed by atoms with Gasteiger partial charge in [0.05, 0.1) is 11.6 Å². The quantitative estimate of drug-likeness (QED) is 0.734. The zero-order valence-electron chi connectivity index (χ0n) is 16.1. The van der Waals surface area contributed by atoms with Crippen LogP contribution in [0.3, 0.4) is 0 Å². The van der Waals surface area contributed by atoms with Gasteiger partial charge in [-0.3, -0.25) is 15.1 Å². The van der Waals surface area contributed by atoms with Gasteiger partial charge in [0, 0.05) is 24.0 Å². The summed E-state index contributed by atoms with van der Waals surface area (Å²) in [6.45, 7) is 3.98. The van der Waals surface area contributed by atoms with E-state index >= 15 is 0 Å². The number of aliphatic imine (C=N–C) groups is 1. The van der Waals surface area contributed by atoms with Crippen LogP contribution >= 0.6 is 23.2 Å². The van der Waals surface area contributed by atoms with Crippen molar-refractivity contribution in [2.75, 3.05) is 18.4 Å². The predicted molar refractivity (Wildman–Crippen MR) is 112 cm³/mol. The molecule has 1 aromatic carbocycles. The van der Waals surface area contributed by atoms with Crippen molar-refractivity contribution in [3.05, 3.63) is 51.9 Å². The number of hydrogen-bond acceptors (Lipinski definition) is 6. The molecular formula is C19H18Cl2FN5O3. The summed E-state index contributed by atoms with van der Waals surface area (Å²) in [7, 11) is 0. The van der Waals surface area contributed by atoms with Crippen molar-refractivity contribution in [1.82, 2.24) is 9.88 Å². The summed E-state index contributed by atoms with van der Waals surface area (Å²) < 4.78 is 19.7. The number of nitrogens with zero attached hydrogens (tertiary/aromatic N) is 3. The van der Waals surface area contributed by atoms with Crippen molar-refractivity contribution >= 4 is 46.7 Å². The van der Waals surface area contributed by atoms with Gasteiger partial charge in [-0.15, -0.1) is 0 Å². The van der Waals surface area contributed by atoms with Crippen molar-refractivity contribution < 1.29 is 18.7 Å². The molecule has 1 aromatic heterocycles. The van der Waals surface area contributed by atoms with Crippen LogP contribution in [0.15, 0.2) is 35.5 Å². The maximum atomic E-state index is 14.6. The molecule has 1 unspecified atom stereocenters. The maximum Gasteiger partial charge on any atom is 0.418 e. The molecule has 1 aliphatic rings. The Balaban J connectivity index is 1.85. The molecule has 0 saturated carbocycles. The molecule has 2 heterocycles. The number of anilines is 1. The van der Waals surface area contributed by atoms with Crippen LogP contribution in [-0.4, -0.2) is 40.8 Å². The van der Waals surface area contributed by atoms with Gasteiger partial charge in [0.1, 0.15) is 16.4 Å². The lowest BCUT2D eigenvalue weighted by Gasteiger charge is -2.37. The van der Waals surface area contributed by atoms with Crippen LogP contribution in [0.25, 0.3) is 0 Å². The minimum absolute atomic E-state index is 0.0568. The van der Waals surface area contributed by atoms with Gasteiger partial charge in [0.25, 0.3) is 5.91 Å². The molecule has 2 amide bonds. The Morgan fingerprint density at radius 2 is 2.13 bits per heavy atom. The standard InChI is InChI=1S/C19H18Cl2FN5O3/c1-3-27-9-19(2,26-15(23)17(27)28)12-7-11(4-5-14(12)22)25-18(29)30-16-13(21)6-10(20)8-24-16/h4-8H,3,9H2,1-2H3,(H2,23,26)(H,25,29). The zero-order valence-corrected chi connectivity index (χ0v) is 17.6. The first kappa shape index (κ1) is 21.8. The highest BCUT2D eigenvalue weighted by molar-refractivity contribution is 6.37. The van der Waals surface area contributed by atoms with Gasteiger partial charge in [-0.1, -0.05) is 23.2 Å². The Bertz CT molecular complexity index is 1050. The monoisotopic (exact) mass is 453 g/mol. The number of aromatic nitrogens is 1. The van der Waals surface area contributed by atoms with Crippen LogP contribution in [0, 0.1) is 5.82 Å². The first-order valence-electron chi connectivity index (χ1n) is 8.87. The molecule has 8 nitrogen and oxygen atoms in total. The van der Waals surface area contributed by atoms with E-state index in [1.54, 1.807) is 13.8 Å². The largest absolute Gasteiger partial charge is 0.418 e. The van der Waals surface area contributed by atoms with Crippen molar-refractivity contribution in [3.8, 4) is 5.88 Å². The summed E-state index contributed by atoms with van der Waals surface area (Å²) in [5.41, 5.74) is 5.04. The number of halogens is 3. The Hall–Kier alpha value is -2.91. The fraction of sp³-hybridized carbons (Fsp3) is 0.263. The second-order valence-corrected chi connectivity index (χ2v) is 7.58. The SMILES string of the molecule is CCN1CC(C)(c2cc(NC(=O)Oc3ncc(Cl)cc3Cl)ccc2F)N=C(N)C1=O. The number of ether oxygens (including phenoxy) is 1. The number of nitrogens with one attached hydrogen (secondary N) is 1. The third kappa shape index (κ3) is 4.47. The summed E-state index contributed by atoms with van der Waals surface area (Å²) in [6.07, 6.45) is 0.394. The molecule has 0 aliphatic carbocycles. The van der Waals surface area contributed by atoms with E-state index in [0.29, 0.717) is 6.54 Å². The number of carbonyl (C=O) groups is 2. The molecule has 2 aromatic rings. The van der Waals surface area contributed by atoms with E-state index in [2.05, 4.69) is 15.3 Å². The Labute approximate surface area is 181 Å². The molecule has 1 aliphatic heterocycles. The van der Waals surface area contributed by atoms with Crippen LogP contribution in [-0.2, 0) is 10.3 Å². The average molecular weight is 454 g/mol. The van der Waals surface area contributed by atoms with E-state index in [0.717, 1.165) is 0 Å². The molecular weight excluding hydrogens is 436 g/mol. The van der Waals surface area contributed by atoms with Gasteiger partial charge in [-0.2, -0.15) is 0 Å². The molecule has 11 heteroatoms. The minimum Gasteiger partial charge on any atom is -0.389 e. The van der Waals surface area contributed by atoms with Gasteiger partial charge in [-0.25, -0.2) is 14.2 Å². The third-order valence-corrected chi connectivity index (χ3v) is 4.99. The fourth-order valence-corrected chi connectivity index (χ4v) is 3.50. The van der Waals surface area contributed by atoms with Crippen molar-refractivity contribution in [2.24, 2.45) is 10.7 Å². The molecule has 3 N–H and O–H groups in total. The van der Waals surface area contributed by atoms with Crippen molar-refractivity contribution in [3.63, 3.8) is 0 Å². The van der Waals surface area contributed by atoms with E-state index in [9.17, 15) is 14.0 Å². The highest BCUT2D eigenvalue weighted by Gasteiger charge is 2.38. The third-order valence-electron chi connectivity index (χ3n) is 4.51. The van der Waals surface area contributed by atoms with Crippen LogP contribution < -0.4 is 15.8 Å². The lowest BCUT2D eigenvalue weighted by molar-refractivity contribution is -0.125. The molecule has 30 heavy (non-hydrogen) atoms. The van der Waals surface area contributed by atoms with Crippen molar-refractivity contribution in [2.45, 2.75) is 19.4 Å². The van der Waals surface area contributed by atoms with E-state index in [-0.39, 0.29) is 39.6 Å². The molecule has 0 radical (unpaired) electrons. The van der Waals surface area contributed by atoms with Crippen LogP contribution in [0.5, 0.6) is 5.88 Å². The minimum atomic E-state index is -1.12. The number of benzene rings is 1. The zero-order chi connectivity index (χ0) is 22.1. The second-order valence-electron chi connectivity index (χ2n) is 6.74. The molecule has 0 saturated heterocycles. The molecule has 158 valence electrons. The summed E-state index contributed by atoms with van der Waals surface area (Å²) in [5, 5.41) is 2.83. The van der Waals surface area contributed by atoms with Gasteiger partial charge < -0.3 is 15.4 Å². The highest BCUT2D eigenvalue weighted by atomic mass is 35.5. The predicted octanol–water partition coefficient (Wildman–Crippen LogP) is 3.57. The molecule has 0 bridgehead atoms. The Morgan fingerprint density at radius 3 is 2.80 bits per heavy atom. The lowest BCUT2D eigenvalue weighted by atomic mass is 9.89. The van der Waals surface area contributed by atoms with Gasteiger partial charge in [-0.05, 0) is 38.1 Å². The number of hydrogen-bond donors (Lipinski definition) is 2. The van der Waals surface area contributed by atoms with Gasteiger partial charge in [0.2, 0.25) is 5.88 Å². The smallest absolute Gasteiger partial charge is 0.389 e. The number of pyridine rings is 1. The van der Waals surface area contributed by atoms with E-state index < -0.39 is 23.4 Å². The summed E-state index contributed by atoms with van der Waals surface area (Å²) in [6, 6.07) is 5.33. The molecule has 1 atom stereocenters. The van der Waals surface area contributed by atoms with Gasteiger partial charge in [0.15, 0.2) is 5.84 Å². The number of nitrogens with two attached hydrogens (primary N) is 1. The summed E-state index contributed by atoms with van der Waals surface area (Å²) in [5.74, 6) is -1.29. The first-order valence-corrected chi connectivity index (χ1v) is 9.63. The fourth-order valence-electron chi connectivity index (χ4n) is 3.08. The number of carbonyl (C=O) groups excluding carboxylic acids is 2. The van der Waals surface area contributed by atoms with E-state index in [4.69, 9.17) is 33.7 Å². The summed E-state index contributed by atoms with van der Waals surface area (Å²) >= 11 is 11.7. The topological polar surface area (TPSA) is 110 Å². The number of amidine groups is 1. The van der Waals surface area contributed by atoms with E-state index in [1.807, 2.05) is 0 Å². The number of amides is 2. The second kappa shape index (κ2) is 8.45. The highest BCUT2D eigenvalue weighted by Crippen LogP contribution is 2.33. The maximum absolute atomic E-state index is 14.6. The van der Waals surface area contributed by atoms with E-state index in [1.165, 1.54) is 35.4 Å². The van der Waals surface area contributed by atoms with Crippen molar-refractivity contribution in [1.29, 1.82) is 0 Å². The van der Waals surface area contributed by atoms with Crippen LogP contribution in [0.2, 0.25) is 10.0 Å². The van der Waals surface area contributed by atoms with Crippen LogP contribution in [0.1, 0.15) is 19.4 Å². The average Bonchev–Trinajstić information content (AvgIpc) is 2.68. The molecule has 3 rings (SSSR count). The lowest BCUT2D eigenvalue weighted by Crippen LogP contribution is -2.52. The number of likely N-dealkylation sites (N-methyl/N-ethyl adjacent to an activating group) is 1.